The highest BCUT2D eigenvalue weighted by Crippen LogP contribution is 2.52. The number of ketones is 1. The van der Waals surface area contributed by atoms with E-state index in [0.29, 0.717) is 24.1 Å². The number of nitrogens with zero attached hydrogens (tertiary/aromatic N) is 3. The Kier molecular flexibility index (Phi) is 5.35. The van der Waals surface area contributed by atoms with Gasteiger partial charge in [-0.25, -0.2) is 0 Å². The van der Waals surface area contributed by atoms with E-state index in [2.05, 4.69) is 6.07 Å². The SMILES string of the molecule is Cc1ccc(C2C(C#N)=C(N)N(c3ccc(Cl)cc3[N+](=O)[O-])C3=C2C(=O)CC(C)(C)C3)s1. The van der Waals surface area contributed by atoms with Crippen molar-refractivity contribution in [2.45, 2.75) is 39.5 Å². The van der Waals surface area contributed by atoms with E-state index < -0.39 is 10.8 Å². The molecule has 1 aliphatic heterocycles. The number of nitro groups is 1. The third-order valence-electron chi connectivity index (χ3n) is 5.80. The number of nitrogens with two attached hydrogens (primary N) is 1. The van der Waals surface area contributed by atoms with Gasteiger partial charge in [0.15, 0.2) is 5.78 Å². The highest BCUT2D eigenvalue weighted by atomic mass is 35.5. The van der Waals surface area contributed by atoms with Crippen molar-refractivity contribution in [3.63, 3.8) is 0 Å². The van der Waals surface area contributed by atoms with Crippen LogP contribution < -0.4 is 10.6 Å². The highest BCUT2D eigenvalue weighted by molar-refractivity contribution is 7.12. The summed E-state index contributed by atoms with van der Waals surface area (Å²) in [6, 6.07) is 10.3. The van der Waals surface area contributed by atoms with Crippen LogP contribution in [0.2, 0.25) is 5.02 Å². The molecule has 1 unspecified atom stereocenters. The minimum Gasteiger partial charge on any atom is -0.384 e. The quantitative estimate of drug-likeness (QED) is 0.466. The van der Waals surface area contributed by atoms with Crippen LogP contribution in [0.5, 0.6) is 0 Å². The van der Waals surface area contributed by atoms with Crippen molar-refractivity contribution in [3.8, 4) is 6.07 Å². The van der Waals surface area contributed by atoms with Crippen molar-refractivity contribution in [2.24, 2.45) is 11.1 Å². The molecule has 2 N–H and O–H groups in total. The number of nitro benzene ring substituents is 1. The van der Waals surface area contributed by atoms with E-state index in [4.69, 9.17) is 17.3 Å². The summed E-state index contributed by atoms with van der Waals surface area (Å²) in [6.45, 7) is 5.92. The molecule has 0 saturated carbocycles. The third-order valence-corrected chi connectivity index (χ3v) is 7.10. The molecule has 1 aliphatic carbocycles. The summed E-state index contributed by atoms with van der Waals surface area (Å²) in [5.74, 6) is -0.563. The molecule has 1 aromatic carbocycles. The molecule has 2 heterocycles. The van der Waals surface area contributed by atoms with Crippen LogP contribution in [-0.4, -0.2) is 10.7 Å². The van der Waals surface area contributed by atoms with Gasteiger partial charge in [-0.3, -0.25) is 19.8 Å². The summed E-state index contributed by atoms with van der Waals surface area (Å²) in [7, 11) is 0. The van der Waals surface area contributed by atoms with Gasteiger partial charge in [-0.1, -0.05) is 25.4 Å². The number of anilines is 1. The fraction of sp³-hybridized carbons (Fsp3) is 0.304. The number of hydrogen-bond acceptors (Lipinski definition) is 7. The van der Waals surface area contributed by atoms with E-state index in [1.807, 2.05) is 32.9 Å². The molecule has 9 heteroatoms. The summed E-state index contributed by atoms with van der Waals surface area (Å²) in [5.41, 5.74) is 7.41. The first-order valence-corrected chi connectivity index (χ1v) is 11.2. The molecular formula is C23H21ClN4O3S. The lowest BCUT2D eigenvalue weighted by molar-refractivity contribution is -0.384. The number of carbonyl (C=O) groups is 1. The Labute approximate surface area is 194 Å². The number of nitriles is 1. The number of rotatable bonds is 3. The Morgan fingerprint density at radius 1 is 1.31 bits per heavy atom. The van der Waals surface area contributed by atoms with Gasteiger partial charge in [0.05, 0.1) is 22.5 Å². The predicted octanol–water partition coefficient (Wildman–Crippen LogP) is 5.56. The van der Waals surface area contributed by atoms with Gasteiger partial charge in [-0.15, -0.1) is 11.3 Å². The Bertz CT molecular complexity index is 1270. The lowest BCUT2D eigenvalue weighted by Gasteiger charge is -2.43. The average Bonchev–Trinajstić information content (AvgIpc) is 3.12. The lowest BCUT2D eigenvalue weighted by atomic mass is 9.69. The Morgan fingerprint density at radius 2 is 2.03 bits per heavy atom. The van der Waals surface area contributed by atoms with Crippen LogP contribution in [0.1, 0.15) is 42.4 Å². The molecule has 32 heavy (non-hydrogen) atoms. The van der Waals surface area contributed by atoms with Gasteiger partial charge in [0, 0.05) is 38.5 Å². The minimum atomic E-state index is -0.583. The van der Waals surface area contributed by atoms with Crippen molar-refractivity contribution < 1.29 is 9.72 Å². The maximum absolute atomic E-state index is 13.4. The molecule has 0 amide bonds. The van der Waals surface area contributed by atoms with Crippen LogP contribution in [0.3, 0.4) is 0 Å². The van der Waals surface area contributed by atoms with E-state index in [9.17, 15) is 20.2 Å². The molecule has 0 saturated heterocycles. The fourth-order valence-electron chi connectivity index (χ4n) is 4.51. The van der Waals surface area contributed by atoms with Crippen molar-refractivity contribution in [2.75, 3.05) is 4.90 Å². The highest BCUT2D eigenvalue weighted by Gasteiger charge is 2.46. The molecule has 2 aliphatic rings. The zero-order valence-corrected chi connectivity index (χ0v) is 19.4. The number of hydrogen-bond donors (Lipinski definition) is 1. The van der Waals surface area contributed by atoms with Crippen LogP contribution in [-0.2, 0) is 4.79 Å². The lowest BCUT2D eigenvalue weighted by Crippen LogP contribution is -2.42. The van der Waals surface area contributed by atoms with Crippen LogP contribution in [0.25, 0.3) is 0 Å². The van der Waals surface area contributed by atoms with Gasteiger partial charge < -0.3 is 5.73 Å². The summed E-state index contributed by atoms with van der Waals surface area (Å²) in [5, 5.41) is 22.1. The van der Waals surface area contributed by atoms with Crippen molar-refractivity contribution >= 4 is 40.1 Å². The zero-order valence-electron chi connectivity index (χ0n) is 17.8. The van der Waals surface area contributed by atoms with Gasteiger partial charge in [0.25, 0.3) is 5.69 Å². The maximum Gasteiger partial charge on any atom is 0.294 e. The molecule has 1 aromatic heterocycles. The van der Waals surface area contributed by atoms with E-state index in [1.165, 1.54) is 34.4 Å². The van der Waals surface area contributed by atoms with Crippen molar-refractivity contribution in [3.05, 3.63) is 77.9 Å². The molecule has 0 radical (unpaired) electrons. The minimum absolute atomic E-state index is 0.0748. The molecule has 0 fully saturated rings. The molecule has 1 atom stereocenters. The van der Waals surface area contributed by atoms with Crippen LogP contribution in [0.4, 0.5) is 11.4 Å². The van der Waals surface area contributed by atoms with Crippen LogP contribution in [0, 0.1) is 33.8 Å². The third kappa shape index (κ3) is 3.57. The van der Waals surface area contributed by atoms with Crippen molar-refractivity contribution in [1.29, 1.82) is 5.26 Å². The molecule has 2 aromatic rings. The summed E-state index contributed by atoms with van der Waals surface area (Å²) in [6.07, 6.45) is 0.802. The summed E-state index contributed by atoms with van der Waals surface area (Å²) < 4.78 is 0. The molecular weight excluding hydrogens is 448 g/mol. The molecule has 0 bridgehead atoms. The normalized spacial score (nSPS) is 20.3. The van der Waals surface area contributed by atoms with Gasteiger partial charge in [0.2, 0.25) is 0 Å². The number of aryl methyl sites for hydroxylation is 1. The van der Waals surface area contributed by atoms with E-state index in [1.54, 1.807) is 0 Å². The summed E-state index contributed by atoms with van der Waals surface area (Å²) in [4.78, 5) is 28.2. The van der Waals surface area contributed by atoms with Gasteiger partial charge in [-0.05, 0) is 43.0 Å². The molecule has 0 spiro atoms. The van der Waals surface area contributed by atoms with Gasteiger partial charge >= 0.3 is 0 Å². The number of benzene rings is 1. The summed E-state index contributed by atoms with van der Waals surface area (Å²) >= 11 is 7.53. The standard InChI is InChI=1S/C23H21ClN4O3S/c1-12-4-7-19(32-12)20-14(11-25)22(26)27(15-6-5-13(24)8-16(15)28(30)31)17-9-23(2,3)10-18(29)21(17)20/h4-8,20H,9-10,26H2,1-3H3. The second kappa shape index (κ2) is 7.76. The van der Waals surface area contributed by atoms with Gasteiger partial charge in [-0.2, -0.15) is 5.26 Å². The number of carbonyl (C=O) groups excluding carboxylic acids is 1. The number of allylic oxidation sites excluding steroid dienone is 3. The first-order valence-electron chi connectivity index (χ1n) is 10.0. The largest absolute Gasteiger partial charge is 0.384 e. The second-order valence-corrected chi connectivity index (χ2v) is 10.6. The van der Waals surface area contributed by atoms with Crippen LogP contribution in [0.15, 0.2) is 53.0 Å². The number of halogens is 1. The Hall–Kier alpha value is -3.15. The fourth-order valence-corrected chi connectivity index (χ4v) is 5.67. The maximum atomic E-state index is 13.4. The molecule has 4 rings (SSSR count). The average molecular weight is 469 g/mol. The second-order valence-electron chi connectivity index (χ2n) is 8.82. The molecule has 7 nitrogen and oxygen atoms in total. The van der Waals surface area contributed by atoms with Crippen LogP contribution >= 0.6 is 22.9 Å². The Morgan fingerprint density at radius 3 is 2.62 bits per heavy atom. The first-order chi connectivity index (χ1) is 15.0. The van der Waals surface area contributed by atoms with Gasteiger partial charge in [0.1, 0.15) is 11.5 Å². The van der Waals surface area contributed by atoms with Crippen molar-refractivity contribution in [1.82, 2.24) is 0 Å². The predicted molar refractivity (Wildman–Crippen MR) is 124 cm³/mol. The van der Waals surface area contributed by atoms with E-state index in [0.717, 1.165) is 9.75 Å². The molecule has 164 valence electrons. The smallest absolute Gasteiger partial charge is 0.294 e. The zero-order chi connectivity index (χ0) is 23.4. The topological polar surface area (TPSA) is 113 Å². The number of thiophene rings is 1. The monoisotopic (exact) mass is 468 g/mol. The first kappa shape index (κ1) is 22.1. The van der Waals surface area contributed by atoms with E-state index >= 15 is 0 Å². The van der Waals surface area contributed by atoms with E-state index in [-0.39, 0.29) is 39.0 Å². The Balaban J connectivity index is 2.05. The number of Topliss-reactive ketones (excluding diaryl/α,β-unsaturated/α-hetero) is 1.